The molecule has 2 aromatic carbocycles. The second-order valence-electron chi connectivity index (χ2n) is 6.72. The number of amides is 1. The number of hydrogen-bond donors (Lipinski definition) is 0. The molecule has 0 bridgehead atoms. The Hall–Kier alpha value is -2.00. The molecule has 9 heteroatoms. The Morgan fingerprint density at radius 1 is 1.21 bits per heavy atom. The molecule has 1 amide bonds. The van der Waals surface area contributed by atoms with Gasteiger partial charge in [0.1, 0.15) is 0 Å². The molecule has 0 atom stereocenters. The van der Waals surface area contributed by atoms with Crippen LogP contribution in [0.2, 0.25) is 5.02 Å². The van der Waals surface area contributed by atoms with Crippen molar-refractivity contribution in [3.05, 3.63) is 57.9 Å². The fourth-order valence-corrected chi connectivity index (χ4v) is 5.80. The van der Waals surface area contributed by atoms with Gasteiger partial charge in [-0.1, -0.05) is 29.0 Å². The zero-order valence-electron chi connectivity index (χ0n) is 15.3. The Bertz CT molecular complexity index is 1240. The van der Waals surface area contributed by atoms with Gasteiger partial charge in [0.2, 0.25) is 10.0 Å². The lowest BCUT2D eigenvalue weighted by molar-refractivity contribution is 0.0998. The minimum absolute atomic E-state index is 0.0843. The maximum absolute atomic E-state index is 12.6. The lowest BCUT2D eigenvalue weighted by Crippen LogP contribution is -2.28. The van der Waals surface area contributed by atoms with E-state index in [1.54, 1.807) is 24.7 Å². The number of para-hydroxylation sites is 1. The maximum atomic E-state index is 12.6. The van der Waals surface area contributed by atoms with Crippen molar-refractivity contribution in [3.8, 4) is 0 Å². The van der Waals surface area contributed by atoms with Gasteiger partial charge in [0.05, 0.1) is 20.1 Å². The number of aryl methyl sites for hydroxylation is 1. The average Bonchev–Trinajstić information content (AvgIpc) is 3.47. The van der Waals surface area contributed by atoms with E-state index in [-0.39, 0.29) is 10.9 Å². The SMILES string of the molecule is CN(C1CC1)S(=O)(=O)c1ccc(C(=O)N=c2sc3cccc(Cl)c3n2C)cc1. The van der Waals surface area contributed by atoms with Crippen molar-refractivity contribution >= 4 is 49.1 Å². The highest BCUT2D eigenvalue weighted by molar-refractivity contribution is 7.89. The van der Waals surface area contributed by atoms with E-state index < -0.39 is 15.9 Å². The average molecular weight is 436 g/mol. The fourth-order valence-electron chi connectivity index (χ4n) is 2.99. The van der Waals surface area contributed by atoms with Crippen LogP contribution in [0.1, 0.15) is 23.2 Å². The minimum atomic E-state index is -3.53. The molecule has 3 aromatic rings. The van der Waals surface area contributed by atoms with Gasteiger partial charge in [-0.3, -0.25) is 4.79 Å². The van der Waals surface area contributed by atoms with Gasteiger partial charge < -0.3 is 4.57 Å². The molecule has 146 valence electrons. The van der Waals surface area contributed by atoms with Crippen molar-refractivity contribution in [1.29, 1.82) is 0 Å². The van der Waals surface area contributed by atoms with Crippen molar-refractivity contribution in [2.24, 2.45) is 12.0 Å². The quantitative estimate of drug-likeness (QED) is 0.630. The van der Waals surface area contributed by atoms with Gasteiger partial charge in [-0.05, 0) is 49.2 Å². The van der Waals surface area contributed by atoms with Gasteiger partial charge in [0, 0.05) is 25.7 Å². The third-order valence-corrected chi connectivity index (χ3v) is 8.14. The van der Waals surface area contributed by atoms with E-state index in [1.807, 2.05) is 12.1 Å². The Labute approximate surface area is 171 Å². The molecule has 0 unspecified atom stereocenters. The van der Waals surface area contributed by atoms with Crippen LogP contribution in [0.4, 0.5) is 0 Å². The van der Waals surface area contributed by atoms with Crippen LogP contribution in [0, 0.1) is 0 Å². The van der Waals surface area contributed by atoms with Crippen LogP contribution in [0.5, 0.6) is 0 Å². The van der Waals surface area contributed by atoms with E-state index >= 15 is 0 Å². The van der Waals surface area contributed by atoms with E-state index in [0.29, 0.717) is 15.4 Å². The van der Waals surface area contributed by atoms with Crippen molar-refractivity contribution in [2.45, 2.75) is 23.8 Å². The van der Waals surface area contributed by atoms with E-state index in [0.717, 1.165) is 23.1 Å². The van der Waals surface area contributed by atoms with Gasteiger partial charge in [-0.15, -0.1) is 0 Å². The Balaban J connectivity index is 1.65. The zero-order chi connectivity index (χ0) is 20.1. The van der Waals surface area contributed by atoms with Gasteiger partial charge in [-0.25, -0.2) is 8.42 Å². The summed E-state index contributed by atoms with van der Waals surface area (Å²) >= 11 is 7.61. The minimum Gasteiger partial charge on any atom is -0.318 e. The summed E-state index contributed by atoms with van der Waals surface area (Å²) in [6, 6.07) is 11.6. The molecule has 0 radical (unpaired) electrons. The molecule has 1 aliphatic carbocycles. The molecule has 0 spiro atoms. The largest absolute Gasteiger partial charge is 0.318 e. The third kappa shape index (κ3) is 3.41. The molecule has 0 aliphatic heterocycles. The monoisotopic (exact) mass is 435 g/mol. The topological polar surface area (TPSA) is 71.7 Å². The van der Waals surface area contributed by atoms with Crippen LogP contribution in [-0.2, 0) is 17.1 Å². The second kappa shape index (κ2) is 7.11. The first-order valence-electron chi connectivity index (χ1n) is 8.70. The summed E-state index contributed by atoms with van der Waals surface area (Å²) in [6.45, 7) is 0. The molecule has 1 saturated carbocycles. The van der Waals surface area contributed by atoms with E-state index in [1.165, 1.54) is 39.9 Å². The van der Waals surface area contributed by atoms with E-state index in [4.69, 9.17) is 11.6 Å². The first-order valence-corrected chi connectivity index (χ1v) is 11.3. The summed E-state index contributed by atoms with van der Waals surface area (Å²) in [5.74, 6) is -0.433. The first-order chi connectivity index (χ1) is 13.3. The smallest absolute Gasteiger partial charge is 0.279 e. The summed E-state index contributed by atoms with van der Waals surface area (Å²) in [5, 5.41) is 0.597. The van der Waals surface area contributed by atoms with Crippen LogP contribution in [0.15, 0.2) is 52.4 Å². The number of thiazole rings is 1. The van der Waals surface area contributed by atoms with Crippen molar-refractivity contribution < 1.29 is 13.2 Å². The molecule has 0 N–H and O–H groups in total. The molecular weight excluding hydrogens is 418 g/mol. The molecule has 1 heterocycles. The summed E-state index contributed by atoms with van der Waals surface area (Å²) in [7, 11) is -0.134. The number of carbonyl (C=O) groups is 1. The number of carbonyl (C=O) groups excluding carboxylic acids is 1. The number of halogens is 1. The normalized spacial score (nSPS) is 15.5. The van der Waals surface area contributed by atoms with Gasteiger partial charge in [0.25, 0.3) is 5.91 Å². The molecule has 0 saturated heterocycles. The lowest BCUT2D eigenvalue weighted by Gasteiger charge is -2.16. The number of hydrogen-bond acceptors (Lipinski definition) is 4. The van der Waals surface area contributed by atoms with Crippen molar-refractivity contribution in [1.82, 2.24) is 8.87 Å². The van der Waals surface area contributed by atoms with Crippen LogP contribution >= 0.6 is 22.9 Å². The number of sulfonamides is 1. The summed E-state index contributed by atoms with van der Waals surface area (Å²) < 4.78 is 29.2. The molecule has 1 aliphatic rings. The highest BCUT2D eigenvalue weighted by Crippen LogP contribution is 2.30. The van der Waals surface area contributed by atoms with Crippen LogP contribution in [0.3, 0.4) is 0 Å². The van der Waals surface area contributed by atoms with E-state index in [2.05, 4.69) is 4.99 Å². The molecule has 4 rings (SSSR count). The summed E-state index contributed by atoms with van der Waals surface area (Å²) in [4.78, 5) is 17.5. The highest BCUT2D eigenvalue weighted by atomic mass is 35.5. The third-order valence-electron chi connectivity index (χ3n) is 4.81. The molecule has 1 fully saturated rings. The van der Waals surface area contributed by atoms with Crippen LogP contribution in [-0.4, -0.2) is 36.3 Å². The molecular formula is C19H18ClN3O3S2. The van der Waals surface area contributed by atoms with Gasteiger partial charge in [0.15, 0.2) is 4.80 Å². The fraction of sp³-hybridized carbons (Fsp3) is 0.263. The number of benzene rings is 2. The number of nitrogens with zero attached hydrogens (tertiary/aromatic N) is 3. The Morgan fingerprint density at radius 3 is 2.50 bits per heavy atom. The van der Waals surface area contributed by atoms with E-state index in [9.17, 15) is 13.2 Å². The predicted octanol–water partition coefficient (Wildman–Crippen LogP) is 3.42. The van der Waals surface area contributed by atoms with Crippen LogP contribution in [0.25, 0.3) is 10.2 Å². The molecule has 1 aromatic heterocycles. The Morgan fingerprint density at radius 2 is 1.89 bits per heavy atom. The zero-order valence-corrected chi connectivity index (χ0v) is 17.7. The van der Waals surface area contributed by atoms with Crippen molar-refractivity contribution in [2.75, 3.05) is 7.05 Å². The molecule has 6 nitrogen and oxygen atoms in total. The summed E-state index contributed by atoms with van der Waals surface area (Å²) in [6.07, 6.45) is 1.78. The first kappa shape index (κ1) is 19.3. The number of rotatable bonds is 4. The van der Waals surface area contributed by atoms with Gasteiger partial charge in [-0.2, -0.15) is 9.30 Å². The number of fused-ring (bicyclic) bond motifs is 1. The maximum Gasteiger partial charge on any atom is 0.279 e. The predicted molar refractivity (Wildman–Crippen MR) is 110 cm³/mol. The Kier molecular flexibility index (Phi) is 4.91. The number of aromatic nitrogens is 1. The standard InChI is InChI=1S/C19H18ClN3O3S2/c1-22-17-15(20)4-3-5-16(17)27-19(22)21-18(24)12-6-10-14(11-7-12)28(25,26)23(2)13-8-9-13/h3-7,10-11,13H,8-9H2,1-2H3. The molecule has 28 heavy (non-hydrogen) atoms. The van der Waals surface area contributed by atoms with Crippen molar-refractivity contribution in [3.63, 3.8) is 0 Å². The highest BCUT2D eigenvalue weighted by Gasteiger charge is 2.34. The summed E-state index contributed by atoms with van der Waals surface area (Å²) in [5.41, 5.74) is 1.15. The lowest BCUT2D eigenvalue weighted by atomic mass is 10.2. The van der Waals surface area contributed by atoms with Crippen LogP contribution < -0.4 is 4.80 Å². The van der Waals surface area contributed by atoms with Gasteiger partial charge >= 0.3 is 0 Å². The second-order valence-corrected chi connectivity index (χ2v) is 10.1.